The molecular weight excluding hydrogens is 393 g/mol. The van der Waals surface area contributed by atoms with E-state index in [1.54, 1.807) is 16.8 Å². The van der Waals surface area contributed by atoms with Crippen LogP contribution in [0.2, 0.25) is 15.1 Å². The number of nitrogens with two attached hydrogens (primary N) is 1. The van der Waals surface area contributed by atoms with Crippen molar-refractivity contribution in [2.45, 2.75) is 20.4 Å². The predicted molar refractivity (Wildman–Crippen MR) is 106 cm³/mol. The first kappa shape index (κ1) is 18.8. The van der Waals surface area contributed by atoms with Crippen molar-refractivity contribution in [3.8, 4) is 11.3 Å². The van der Waals surface area contributed by atoms with E-state index in [0.717, 1.165) is 27.9 Å². The molecule has 0 atom stereocenters. The summed E-state index contributed by atoms with van der Waals surface area (Å²) in [6.07, 6.45) is 0. The van der Waals surface area contributed by atoms with Crippen LogP contribution in [0.25, 0.3) is 11.3 Å². The number of carbonyl (C=O) groups is 1. The van der Waals surface area contributed by atoms with Crippen molar-refractivity contribution < 1.29 is 4.79 Å². The lowest BCUT2D eigenvalue weighted by molar-refractivity contribution is 0.0994. The molecule has 2 N–H and O–H groups in total. The summed E-state index contributed by atoms with van der Waals surface area (Å²) in [6, 6.07) is 11.1. The molecule has 2 aromatic carbocycles. The van der Waals surface area contributed by atoms with E-state index in [-0.39, 0.29) is 5.69 Å². The summed E-state index contributed by atoms with van der Waals surface area (Å²) in [7, 11) is 0. The topological polar surface area (TPSA) is 60.9 Å². The second-order valence-corrected chi connectivity index (χ2v) is 7.28. The highest BCUT2D eigenvalue weighted by Crippen LogP contribution is 2.30. The average molecular weight is 409 g/mol. The van der Waals surface area contributed by atoms with E-state index >= 15 is 0 Å². The van der Waals surface area contributed by atoms with Crippen LogP contribution >= 0.6 is 34.8 Å². The molecule has 0 aliphatic rings. The fraction of sp³-hybridized carbons (Fsp3) is 0.158. The number of benzene rings is 2. The van der Waals surface area contributed by atoms with Crippen LogP contribution in [0.5, 0.6) is 0 Å². The van der Waals surface area contributed by atoms with E-state index in [2.05, 4.69) is 5.10 Å². The number of rotatable bonds is 4. The quantitative estimate of drug-likeness (QED) is 0.639. The fourth-order valence-corrected chi connectivity index (χ4v) is 3.31. The Morgan fingerprint density at radius 2 is 1.73 bits per heavy atom. The molecule has 0 spiro atoms. The molecule has 3 aromatic rings. The summed E-state index contributed by atoms with van der Waals surface area (Å²) >= 11 is 18.2. The third kappa shape index (κ3) is 3.58. The lowest BCUT2D eigenvalue weighted by Gasteiger charge is -2.11. The monoisotopic (exact) mass is 407 g/mol. The van der Waals surface area contributed by atoms with Crippen molar-refractivity contribution in [3.63, 3.8) is 0 Å². The maximum Gasteiger partial charge on any atom is 0.269 e. The van der Waals surface area contributed by atoms with Crippen LogP contribution in [0.1, 0.15) is 27.2 Å². The van der Waals surface area contributed by atoms with Crippen molar-refractivity contribution in [2.24, 2.45) is 5.73 Å². The zero-order valence-electron chi connectivity index (χ0n) is 14.2. The van der Waals surface area contributed by atoms with Gasteiger partial charge in [0.05, 0.1) is 22.3 Å². The van der Waals surface area contributed by atoms with Crippen LogP contribution in [-0.4, -0.2) is 15.7 Å². The second-order valence-electron chi connectivity index (χ2n) is 6.06. The third-order valence-corrected chi connectivity index (χ3v) is 5.33. The molecule has 0 aliphatic carbocycles. The van der Waals surface area contributed by atoms with E-state index in [1.165, 1.54) is 0 Å². The molecule has 0 radical (unpaired) electrons. The van der Waals surface area contributed by atoms with Gasteiger partial charge in [-0.2, -0.15) is 5.10 Å². The molecule has 3 rings (SSSR count). The Balaban J connectivity index is 2.14. The predicted octanol–water partition coefficient (Wildman–Crippen LogP) is 5.27. The number of primary amides is 1. The van der Waals surface area contributed by atoms with E-state index in [4.69, 9.17) is 40.5 Å². The van der Waals surface area contributed by atoms with Gasteiger partial charge in [0.25, 0.3) is 5.91 Å². The first-order valence-electron chi connectivity index (χ1n) is 7.85. The number of hydrogen-bond donors (Lipinski definition) is 1. The molecule has 0 bridgehead atoms. The Kier molecular flexibility index (Phi) is 5.28. The first-order chi connectivity index (χ1) is 12.3. The van der Waals surface area contributed by atoms with Crippen LogP contribution < -0.4 is 5.73 Å². The summed E-state index contributed by atoms with van der Waals surface area (Å²) < 4.78 is 1.75. The minimum Gasteiger partial charge on any atom is -0.364 e. The van der Waals surface area contributed by atoms with Gasteiger partial charge in [-0.3, -0.25) is 9.48 Å². The zero-order chi connectivity index (χ0) is 19.0. The molecule has 1 heterocycles. The van der Waals surface area contributed by atoms with Gasteiger partial charge in [-0.25, -0.2) is 0 Å². The Labute approximate surface area is 166 Å². The summed E-state index contributed by atoms with van der Waals surface area (Å²) in [5.41, 5.74) is 10.0. The van der Waals surface area contributed by atoms with Gasteiger partial charge in [-0.1, -0.05) is 46.9 Å². The minimum atomic E-state index is -0.567. The summed E-state index contributed by atoms with van der Waals surface area (Å²) in [4.78, 5) is 11.8. The number of aryl methyl sites for hydroxylation is 1. The molecular formula is C19H16Cl3N3O. The van der Waals surface area contributed by atoms with Gasteiger partial charge < -0.3 is 5.73 Å². The zero-order valence-corrected chi connectivity index (χ0v) is 16.5. The lowest BCUT2D eigenvalue weighted by atomic mass is 10.0. The van der Waals surface area contributed by atoms with Gasteiger partial charge >= 0.3 is 0 Å². The Morgan fingerprint density at radius 3 is 2.35 bits per heavy atom. The van der Waals surface area contributed by atoms with Crippen molar-refractivity contribution >= 4 is 40.7 Å². The smallest absolute Gasteiger partial charge is 0.269 e. The van der Waals surface area contributed by atoms with Crippen LogP contribution in [0.3, 0.4) is 0 Å². The number of amides is 1. The van der Waals surface area contributed by atoms with Crippen LogP contribution in [-0.2, 0) is 6.54 Å². The molecule has 0 saturated heterocycles. The molecule has 134 valence electrons. The van der Waals surface area contributed by atoms with Gasteiger partial charge in [-0.15, -0.1) is 0 Å². The third-order valence-electron chi connectivity index (χ3n) is 4.17. The second kappa shape index (κ2) is 7.31. The van der Waals surface area contributed by atoms with Crippen LogP contribution in [0, 0.1) is 13.8 Å². The number of carbonyl (C=O) groups excluding carboxylic acids is 1. The van der Waals surface area contributed by atoms with Gasteiger partial charge in [-0.05, 0) is 49.2 Å². The number of hydrogen-bond acceptors (Lipinski definition) is 2. The molecule has 0 unspecified atom stereocenters. The summed E-state index contributed by atoms with van der Waals surface area (Å²) in [5, 5.41) is 6.05. The molecule has 26 heavy (non-hydrogen) atoms. The highest BCUT2D eigenvalue weighted by molar-refractivity contribution is 6.42. The van der Waals surface area contributed by atoms with E-state index in [9.17, 15) is 4.79 Å². The highest BCUT2D eigenvalue weighted by Gasteiger charge is 2.20. The van der Waals surface area contributed by atoms with Crippen molar-refractivity contribution in [2.75, 3.05) is 0 Å². The van der Waals surface area contributed by atoms with Gasteiger partial charge in [0, 0.05) is 16.1 Å². The Bertz CT molecular complexity index is 1010. The Morgan fingerprint density at radius 1 is 1.04 bits per heavy atom. The lowest BCUT2D eigenvalue weighted by Crippen LogP contribution is -2.13. The van der Waals surface area contributed by atoms with E-state index in [1.807, 2.05) is 38.1 Å². The van der Waals surface area contributed by atoms with Gasteiger partial charge in [0.1, 0.15) is 0 Å². The van der Waals surface area contributed by atoms with E-state index < -0.39 is 5.91 Å². The maximum atomic E-state index is 11.8. The molecule has 4 nitrogen and oxygen atoms in total. The SMILES string of the molecule is Cc1cc(-c2c(C)c(C(N)=O)nn2Cc2ccc(Cl)c(Cl)c2)ccc1Cl. The average Bonchev–Trinajstić information content (AvgIpc) is 2.90. The fourth-order valence-electron chi connectivity index (χ4n) is 2.87. The van der Waals surface area contributed by atoms with Crippen molar-refractivity contribution in [1.82, 2.24) is 9.78 Å². The summed E-state index contributed by atoms with van der Waals surface area (Å²) in [5.74, 6) is -0.567. The van der Waals surface area contributed by atoms with E-state index in [0.29, 0.717) is 21.6 Å². The standard InChI is InChI=1S/C19H16Cl3N3O/c1-10-7-13(4-6-14(10)20)18-11(2)17(19(23)26)24-25(18)9-12-3-5-15(21)16(22)8-12/h3-8H,9H2,1-2H3,(H2,23,26). The highest BCUT2D eigenvalue weighted by atomic mass is 35.5. The maximum absolute atomic E-state index is 11.8. The molecule has 0 saturated carbocycles. The van der Waals surface area contributed by atoms with Crippen LogP contribution in [0.4, 0.5) is 0 Å². The number of aromatic nitrogens is 2. The van der Waals surface area contributed by atoms with Crippen LogP contribution in [0.15, 0.2) is 36.4 Å². The van der Waals surface area contributed by atoms with Crippen molar-refractivity contribution in [1.29, 1.82) is 0 Å². The molecule has 1 aromatic heterocycles. The normalized spacial score (nSPS) is 11.0. The molecule has 7 heteroatoms. The van der Waals surface area contributed by atoms with Gasteiger partial charge in [0.15, 0.2) is 5.69 Å². The molecule has 0 fully saturated rings. The number of halogens is 3. The Hall–Kier alpha value is -2.01. The number of nitrogens with zero attached hydrogens (tertiary/aromatic N) is 2. The summed E-state index contributed by atoms with van der Waals surface area (Å²) in [6.45, 7) is 4.18. The molecule has 0 aliphatic heterocycles. The van der Waals surface area contributed by atoms with Crippen molar-refractivity contribution in [3.05, 3.63) is 73.9 Å². The molecule has 1 amide bonds. The largest absolute Gasteiger partial charge is 0.364 e. The first-order valence-corrected chi connectivity index (χ1v) is 8.99. The van der Waals surface area contributed by atoms with Gasteiger partial charge in [0.2, 0.25) is 0 Å². The minimum absolute atomic E-state index is 0.243.